The van der Waals surface area contributed by atoms with Gasteiger partial charge in [0.1, 0.15) is 5.76 Å². The molecule has 0 fully saturated rings. The molecular weight excluding hydrogens is 328 g/mol. The summed E-state index contributed by atoms with van der Waals surface area (Å²) in [5.74, 6) is 1.10. The second kappa shape index (κ2) is 7.31. The van der Waals surface area contributed by atoms with E-state index >= 15 is 0 Å². The number of hydrogen-bond acceptors (Lipinski definition) is 4. The molecule has 1 heterocycles. The number of nitrogens with zero attached hydrogens (tertiary/aromatic N) is 1. The Balaban J connectivity index is 1.57. The van der Waals surface area contributed by atoms with Gasteiger partial charge in [0.15, 0.2) is 5.82 Å². The van der Waals surface area contributed by atoms with Gasteiger partial charge in [0.2, 0.25) is 0 Å². The zero-order valence-electron chi connectivity index (χ0n) is 15.0. The summed E-state index contributed by atoms with van der Waals surface area (Å²) in [5.41, 5.74) is 2.46. The van der Waals surface area contributed by atoms with Gasteiger partial charge in [-0.2, -0.15) is 0 Å². The number of benzene rings is 2. The Bertz CT molecular complexity index is 865. The normalized spacial score (nSPS) is 11.0. The van der Waals surface area contributed by atoms with E-state index in [-0.39, 0.29) is 11.4 Å². The van der Waals surface area contributed by atoms with Crippen molar-refractivity contribution in [3.8, 4) is 0 Å². The molecule has 3 N–H and O–H groups in total. The second-order valence-corrected chi connectivity index (χ2v) is 6.97. The monoisotopic (exact) mass is 350 g/mol. The summed E-state index contributed by atoms with van der Waals surface area (Å²) in [6.07, 6.45) is 0. The smallest absolute Gasteiger partial charge is 0.324 e. The minimum absolute atomic E-state index is 0.162. The van der Waals surface area contributed by atoms with Gasteiger partial charge in [-0.25, -0.2) is 4.79 Å². The maximum Gasteiger partial charge on any atom is 0.324 e. The molecule has 26 heavy (non-hydrogen) atoms. The molecular formula is C20H22N4O2. The molecule has 0 spiro atoms. The SMILES string of the molecule is CC(C)(C)c1cc(NC(=O)Nc2ccc(Nc3ccccc3)cc2)no1. The minimum atomic E-state index is -0.373. The summed E-state index contributed by atoms with van der Waals surface area (Å²) >= 11 is 0. The van der Waals surface area contributed by atoms with Crippen LogP contribution in [0.3, 0.4) is 0 Å². The van der Waals surface area contributed by atoms with Crippen LogP contribution in [-0.4, -0.2) is 11.2 Å². The number of anilines is 4. The Morgan fingerprint density at radius 3 is 2.12 bits per heavy atom. The van der Waals surface area contributed by atoms with Gasteiger partial charge in [-0.05, 0) is 36.4 Å². The topological polar surface area (TPSA) is 79.2 Å². The quantitative estimate of drug-likeness (QED) is 0.592. The Morgan fingerprint density at radius 2 is 1.50 bits per heavy atom. The Labute approximate surface area is 152 Å². The fraction of sp³-hybridized carbons (Fsp3) is 0.200. The maximum atomic E-state index is 12.1. The minimum Gasteiger partial charge on any atom is -0.359 e. The van der Waals surface area contributed by atoms with Crippen LogP contribution in [0.4, 0.5) is 27.7 Å². The first-order chi connectivity index (χ1) is 12.4. The second-order valence-electron chi connectivity index (χ2n) is 6.97. The molecule has 1 aromatic heterocycles. The summed E-state index contributed by atoms with van der Waals surface area (Å²) in [6.45, 7) is 6.05. The average Bonchev–Trinajstić information content (AvgIpc) is 3.06. The molecule has 0 atom stereocenters. The van der Waals surface area contributed by atoms with Crippen LogP contribution in [0.2, 0.25) is 0 Å². The van der Waals surface area contributed by atoms with Crippen LogP contribution < -0.4 is 16.0 Å². The van der Waals surface area contributed by atoms with E-state index in [4.69, 9.17) is 4.52 Å². The zero-order valence-corrected chi connectivity index (χ0v) is 15.0. The third-order valence-corrected chi connectivity index (χ3v) is 3.70. The van der Waals surface area contributed by atoms with E-state index in [0.29, 0.717) is 17.3 Å². The molecule has 0 saturated carbocycles. The summed E-state index contributed by atoms with van der Waals surface area (Å²) < 4.78 is 5.25. The van der Waals surface area contributed by atoms with Gasteiger partial charge >= 0.3 is 6.03 Å². The molecule has 3 rings (SSSR count). The number of carbonyl (C=O) groups is 1. The van der Waals surface area contributed by atoms with E-state index in [0.717, 1.165) is 11.4 Å². The molecule has 6 heteroatoms. The van der Waals surface area contributed by atoms with Gasteiger partial charge in [-0.15, -0.1) is 0 Å². The molecule has 0 radical (unpaired) electrons. The third kappa shape index (κ3) is 4.63. The van der Waals surface area contributed by atoms with E-state index in [1.807, 2.05) is 75.4 Å². The van der Waals surface area contributed by atoms with Gasteiger partial charge < -0.3 is 15.2 Å². The fourth-order valence-electron chi connectivity index (χ4n) is 2.29. The summed E-state index contributed by atoms with van der Waals surface area (Å²) in [4.78, 5) is 12.1. The maximum absolute atomic E-state index is 12.1. The number of amides is 2. The molecule has 6 nitrogen and oxygen atoms in total. The lowest BCUT2D eigenvalue weighted by Gasteiger charge is -2.12. The summed E-state index contributed by atoms with van der Waals surface area (Å²) in [7, 11) is 0. The van der Waals surface area contributed by atoms with E-state index < -0.39 is 0 Å². The molecule has 0 aliphatic rings. The van der Waals surface area contributed by atoms with Gasteiger partial charge in [0.05, 0.1) is 0 Å². The summed E-state index contributed by atoms with van der Waals surface area (Å²) in [6, 6.07) is 18.7. The molecule has 134 valence electrons. The molecule has 2 aromatic carbocycles. The van der Waals surface area contributed by atoms with Gasteiger partial charge in [0.25, 0.3) is 0 Å². The molecule has 0 bridgehead atoms. The molecule has 0 unspecified atom stereocenters. The first-order valence-corrected chi connectivity index (χ1v) is 8.37. The van der Waals surface area contributed by atoms with Crippen LogP contribution >= 0.6 is 0 Å². The lowest BCUT2D eigenvalue weighted by atomic mass is 9.93. The number of carbonyl (C=O) groups excluding carboxylic acids is 1. The van der Waals surface area contributed by atoms with Crippen molar-refractivity contribution >= 4 is 28.9 Å². The largest absolute Gasteiger partial charge is 0.359 e. The van der Waals surface area contributed by atoms with Crippen molar-refractivity contribution < 1.29 is 9.32 Å². The number of aromatic nitrogens is 1. The highest BCUT2D eigenvalue weighted by atomic mass is 16.5. The Hall–Kier alpha value is -3.28. The Kier molecular flexibility index (Phi) is 4.93. The number of urea groups is 1. The van der Waals surface area contributed by atoms with Crippen molar-refractivity contribution in [2.45, 2.75) is 26.2 Å². The predicted molar refractivity (Wildman–Crippen MR) is 104 cm³/mol. The van der Waals surface area contributed by atoms with Gasteiger partial charge in [-0.3, -0.25) is 5.32 Å². The molecule has 0 aliphatic carbocycles. The fourth-order valence-corrected chi connectivity index (χ4v) is 2.29. The Morgan fingerprint density at radius 1 is 0.885 bits per heavy atom. The first-order valence-electron chi connectivity index (χ1n) is 8.37. The highest BCUT2D eigenvalue weighted by Gasteiger charge is 2.20. The van der Waals surface area contributed by atoms with E-state index in [2.05, 4.69) is 21.1 Å². The third-order valence-electron chi connectivity index (χ3n) is 3.70. The van der Waals surface area contributed by atoms with Crippen LogP contribution in [0, 0.1) is 0 Å². The number of para-hydroxylation sites is 1. The summed E-state index contributed by atoms with van der Waals surface area (Å²) in [5, 5.41) is 12.6. The zero-order chi connectivity index (χ0) is 18.6. The van der Waals surface area contributed by atoms with Gasteiger partial charge in [0, 0.05) is 28.5 Å². The highest BCUT2D eigenvalue weighted by Crippen LogP contribution is 2.24. The van der Waals surface area contributed by atoms with Crippen LogP contribution in [0.5, 0.6) is 0 Å². The van der Waals surface area contributed by atoms with Crippen LogP contribution in [0.15, 0.2) is 65.2 Å². The van der Waals surface area contributed by atoms with Crippen molar-refractivity contribution in [2.75, 3.05) is 16.0 Å². The van der Waals surface area contributed by atoms with Crippen molar-refractivity contribution in [1.82, 2.24) is 5.16 Å². The number of hydrogen-bond donors (Lipinski definition) is 3. The predicted octanol–water partition coefficient (Wildman–Crippen LogP) is 5.36. The molecule has 0 aliphatic heterocycles. The number of nitrogens with one attached hydrogen (secondary N) is 3. The van der Waals surface area contributed by atoms with Crippen LogP contribution in [-0.2, 0) is 5.41 Å². The lowest BCUT2D eigenvalue weighted by Crippen LogP contribution is -2.19. The molecule has 0 saturated heterocycles. The van der Waals surface area contributed by atoms with Crippen LogP contribution in [0.1, 0.15) is 26.5 Å². The van der Waals surface area contributed by atoms with Crippen LogP contribution in [0.25, 0.3) is 0 Å². The first kappa shape index (κ1) is 17.5. The average molecular weight is 350 g/mol. The molecule has 3 aromatic rings. The van der Waals surface area contributed by atoms with E-state index in [9.17, 15) is 4.79 Å². The number of rotatable bonds is 4. The van der Waals surface area contributed by atoms with Crippen molar-refractivity contribution in [1.29, 1.82) is 0 Å². The standard InChI is InChI=1S/C20H22N4O2/c1-20(2,3)17-13-18(24-26-17)23-19(25)22-16-11-9-15(10-12-16)21-14-7-5-4-6-8-14/h4-13,21H,1-3H3,(H2,22,23,24,25). The van der Waals surface area contributed by atoms with Crippen molar-refractivity contribution in [3.05, 3.63) is 66.4 Å². The molecule has 2 amide bonds. The van der Waals surface area contributed by atoms with E-state index in [1.165, 1.54) is 0 Å². The van der Waals surface area contributed by atoms with Gasteiger partial charge in [-0.1, -0.05) is 44.1 Å². The lowest BCUT2D eigenvalue weighted by molar-refractivity contribution is 0.262. The van der Waals surface area contributed by atoms with Crippen molar-refractivity contribution in [2.24, 2.45) is 0 Å². The highest BCUT2D eigenvalue weighted by molar-refractivity contribution is 5.99. The van der Waals surface area contributed by atoms with Crippen molar-refractivity contribution in [3.63, 3.8) is 0 Å². The van der Waals surface area contributed by atoms with E-state index in [1.54, 1.807) is 6.07 Å².